The summed E-state index contributed by atoms with van der Waals surface area (Å²) in [5.41, 5.74) is 2.72. The van der Waals surface area contributed by atoms with Gasteiger partial charge in [0.2, 0.25) is 11.8 Å². The van der Waals surface area contributed by atoms with Crippen LogP contribution in [0.3, 0.4) is 0 Å². The third kappa shape index (κ3) is 6.49. The zero-order valence-electron chi connectivity index (χ0n) is 22.7. The molecule has 1 aliphatic carbocycles. The summed E-state index contributed by atoms with van der Waals surface area (Å²) >= 11 is 0. The lowest BCUT2D eigenvalue weighted by molar-refractivity contribution is -0.133. The van der Waals surface area contributed by atoms with E-state index in [0.29, 0.717) is 24.7 Å². The highest BCUT2D eigenvalue weighted by molar-refractivity contribution is 5.77. The molecule has 36 heavy (non-hydrogen) atoms. The molecular formula is C30H48N4O2. The van der Waals surface area contributed by atoms with Crippen LogP contribution in [0.2, 0.25) is 0 Å². The van der Waals surface area contributed by atoms with E-state index in [2.05, 4.69) is 42.5 Å². The molecule has 0 N–H and O–H groups in total. The van der Waals surface area contributed by atoms with E-state index in [1.165, 1.54) is 11.1 Å². The maximum Gasteiger partial charge on any atom is 0.222 e. The summed E-state index contributed by atoms with van der Waals surface area (Å²) in [4.78, 5) is 34.5. The molecule has 6 bridgehead atoms. The second-order valence-electron chi connectivity index (χ2n) is 11.9. The van der Waals surface area contributed by atoms with Crippen molar-refractivity contribution in [2.24, 2.45) is 17.3 Å². The van der Waals surface area contributed by atoms with Gasteiger partial charge >= 0.3 is 0 Å². The van der Waals surface area contributed by atoms with Gasteiger partial charge in [-0.15, -0.1) is 6.58 Å². The van der Waals surface area contributed by atoms with Gasteiger partial charge in [-0.25, -0.2) is 0 Å². The van der Waals surface area contributed by atoms with Crippen molar-refractivity contribution in [3.63, 3.8) is 0 Å². The van der Waals surface area contributed by atoms with Gasteiger partial charge in [-0.1, -0.05) is 43.7 Å². The number of piperazine rings is 2. The van der Waals surface area contributed by atoms with Crippen LogP contribution in [0, 0.1) is 17.3 Å². The van der Waals surface area contributed by atoms with Crippen molar-refractivity contribution in [2.45, 2.75) is 58.3 Å². The number of rotatable bonds is 1. The normalized spacial score (nSPS) is 35.9. The standard InChI is InChI=1S/C30H48N4O2/c1-5-30(4)12-11-26-21-27(30)25(3)23-32-15-19-34(20-16-32)29(36)10-8-6-7-9-28(35)33-17-13-31(14-18-33)22-24(26)2/h5,26-27H,1-3,6-23H2,4H3/t26-,27+,30-/m1/s1. The molecule has 200 valence electrons. The third-order valence-electron chi connectivity index (χ3n) is 9.47. The summed E-state index contributed by atoms with van der Waals surface area (Å²) in [7, 11) is 0. The molecule has 7 fully saturated rings. The van der Waals surface area contributed by atoms with Gasteiger partial charge in [-0.2, -0.15) is 0 Å². The van der Waals surface area contributed by atoms with Crippen molar-refractivity contribution < 1.29 is 9.59 Å². The summed E-state index contributed by atoms with van der Waals surface area (Å²) in [5, 5.41) is 0. The van der Waals surface area contributed by atoms with E-state index in [9.17, 15) is 9.59 Å². The smallest absolute Gasteiger partial charge is 0.222 e. The largest absolute Gasteiger partial charge is 0.340 e. The quantitative estimate of drug-likeness (QED) is 0.516. The van der Waals surface area contributed by atoms with Crippen LogP contribution in [-0.4, -0.2) is 96.9 Å². The lowest BCUT2D eigenvalue weighted by Crippen LogP contribution is -2.50. The highest BCUT2D eigenvalue weighted by Gasteiger charge is 2.40. The van der Waals surface area contributed by atoms with Gasteiger partial charge in [-0.3, -0.25) is 19.4 Å². The molecule has 0 unspecified atom stereocenters. The molecule has 6 saturated heterocycles. The monoisotopic (exact) mass is 496 g/mol. The molecule has 0 aromatic rings. The maximum absolute atomic E-state index is 12.7. The number of hydrogen-bond acceptors (Lipinski definition) is 4. The molecule has 0 radical (unpaired) electrons. The second kappa shape index (κ2) is 12.1. The van der Waals surface area contributed by atoms with E-state index in [0.717, 1.165) is 104 Å². The zero-order chi connectivity index (χ0) is 25.7. The molecule has 7 rings (SSSR count). The summed E-state index contributed by atoms with van der Waals surface area (Å²) < 4.78 is 0. The Labute approximate surface area is 219 Å². The Hall–Kier alpha value is -1.92. The fourth-order valence-electron chi connectivity index (χ4n) is 6.75. The number of nitrogens with zero attached hydrogens (tertiary/aromatic N) is 4. The molecule has 6 heterocycles. The van der Waals surface area contributed by atoms with Crippen molar-refractivity contribution in [1.29, 1.82) is 0 Å². The lowest BCUT2D eigenvalue weighted by atomic mass is 9.61. The van der Waals surface area contributed by atoms with E-state index in [1.807, 2.05) is 9.80 Å². The van der Waals surface area contributed by atoms with Gasteiger partial charge < -0.3 is 9.80 Å². The SMILES string of the molecule is C=C[C@]1(C)CC[C@@H]2C[C@H]1C(=C)CN1CCN(CC1)C(=O)CCCCCC(=O)N1CCN(CC1)CC2=C. The fraction of sp³-hybridized carbons (Fsp3) is 0.733. The summed E-state index contributed by atoms with van der Waals surface area (Å²) in [5.74, 6) is 1.45. The minimum Gasteiger partial charge on any atom is -0.340 e. The molecule has 0 aromatic heterocycles. The summed E-state index contributed by atoms with van der Waals surface area (Å²) in [6.07, 6.45) is 9.45. The van der Waals surface area contributed by atoms with Crippen LogP contribution >= 0.6 is 0 Å². The highest BCUT2D eigenvalue weighted by Crippen LogP contribution is 2.49. The highest BCUT2D eigenvalue weighted by atomic mass is 16.2. The van der Waals surface area contributed by atoms with Gasteiger partial charge in [0.05, 0.1) is 0 Å². The van der Waals surface area contributed by atoms with Crippen LogP contribution in [-0.2, 0) is 9.59 Å². The molecule has 7 aliphatic rings. The van der Waals surface area contributed by atoms with E-state index in [4.69, 9.17) is 0 Å². The molecule has 0 spiro atoms. The van der Waals surface area contributed by atoms with Crippen LogP contribution < -0.4 is 0 Å². The zero-order valence-corrected chi connectivity index (χ0v) is 22.7. The van der Waals surface area contributed by atoms with Crippen molar-refractivity contribution >= 4 is 11.8 Å². The molecule has 3 atom stereocenters. The topological polar surface area (TPSA) is 47.1 Å². The average Bonchev–Trinajstić information content (AvgIpc) is 2.88. The third-order valence-corrected chi connectivity index (χ3v) is 9.47. The van der Waals surface area contributed by atoms with E-state index >= 15 is 0 Å². The van der Waals surface area contributed by atoms with Crippen LogP contribution in [0.25, 0.3) is 0 Å². The summed E-state index contributed by atoms with van der Waals surface area (Å²) in [6, 6.07) is 0. The van der Waals surface area contributed by atoms with Crippen LogP contribution in [0.5, 0.6) is 0 Å². The number of amides is 2. The molecular weight excluding hydrogens is 448 g/mol. The van der Waals surface area contributed by atoms with E-state index in [-0.39, 0.29) is 17.2 Å². The van der Waals surface area contributed by atoms with Crippen molar-refractivity contribution in [2.75, 3.05) is 65.4 Å². The fourth-order valence-corrected chi connectivity index (χ4v) is 6.75. The van der Waals surface area contributed by atoms with Gasteiger partial charge in [-0.05, 0) is 49.4 Å². The Morgan fingerprint density at radius 1 is 0.778 bits per heavy atom. The molecule has 0 aromatic carbocycles. The minimum atomic E-state index is 0.0748. The van der Waals surface area contributed by atoms with Crippen molar-refractivity contribution in [3.05, 3.63) is 37.0 Å². The number of hydrogen-bond donors (Lipinski definition) is 0. The number of allylic oxidation sites excluding steroid dienone is 1. The Kier molecular flexibility index (Phi) is 9.10. The first kappa shape index (κ1) is 27.1. The Balaban J connectivity index is 1.45. The second-order valence-corrected chi connectivity index (χ2v) is 11.9. The molecule has 2 amide bonds. The van der Waals surface area contributed by atoms with Gasteiger partial charge in [0, 0.05) is 78.3 Å². The Bertz CT molecular complexity index is 838. The maximum atomic E-state index is 12.7. The molecule has 6 heteroatoms. The first-order valence-corrected chi connectivity index (χ1v) is 14.3. The van der Waals surface area contributed by atoms with Crippen molar-refractivity contribution in [1.82, 2.24) is 19.6 Å². The molecule has 1 saturated carbocycles. The first-order valence-electron chi connectivity index (χ1n) is 14.3. The minimum absolute atomic E-state index is 0.0748. The lowest BCUT2D eigenvalue weighted by Gasteiger charge is -2.46. The van der Waals surface area contributed by atoms with Crippen molar-refractivity contribution in [3.8, 4) is 0 Å². The number of carbonyl (C=O) groups excluding carboxylic acids is 2. The van der Waals surface area contributed by atoms with Gasteiger partial charge in [0.1, 0.15) is 0 Å². The van der Waals surface area contributed by atoms with Gasteiger partial charge in [0.25, 0.3) is 0 Å². The molecule has 6 nitrogen and oxygen atoms in total. The molecule has 6 aliphatic heterocycles. The van der Waals surface area contributed by atoms with Crippen LogP contribution in [0.4, 0.5) is 0 Å². The van der Waals surface area contributed by atoms with E-state index in [1.54, 1.807) is 0 Å². The Morgan fingerprint density at radius 3 is 1.78 bits per heavy atom. The average molecular weight is 497 g/mol. The van der Waals surface area contributed by atoms with Crippen LogP contribution in [0.15, 0.2) is 37.0 Å². The van der Waals surface area contributed by atoms with Gasteiger partial charge in [0.15, 0.2) is 0 Å². The predicted molar refractivity (Wildman–Crippen MR) is 147 cm³/mol. The number of carbonyl (C=O) groups is 2. The Morgan fingerprint density at radius 2 is 1.28 bits per heavy atom. The van der Waals surface area contributed by atoms with Crippen LogP contribution in [0.1, 0.15) is 58.3 Å². The first-order chi connectivity index (χ1) is 17.3. The van der Waals surface area contributed by atoms with E-state index < -0.39 is 0 Å². The summed E-state index contributed by atoms with van der Waals surface area (Å²) in [6.45, 7) is 24.5. The predicted octanol–water partition coefficient (Wildman–Crippen LogP) is 3.96.